The Morgan fingerprint density at radius 1 is 1.45 bits per heavy atom. The van der Waals surface area contributed by atoms with Crippen LogP contribution < -0.4 is 10.6 Å². The second kappa shape index (κ2) is 8.26. The smallest absolute Gasteiger partial charge is 0.329 e. The minimum absolute atomic E-state index is 0.149. The quantitative estimate of drug-likeness (QED) is 0.359. The first kappa shape index (κ1) is 16.1. The number of hydrogen-bond donors (Lipinski definition) is 3. The molecule has 1 atom stereocenters. The SMILES string of the molecule is CCCNc1ncc([N+](=O)[O-])c(NCCCC(C)O)n1. The zero-order valence-electron chi connectivity index (χ0n) is 11.8. The van der Waals surface area contributed by atoms with E-state index < -0.39 is 4.92 Å². The van der Waals surface area contributed by atoms with E-state index in [1.807, 2.05) is 6.92 Å². The van der Waals surface area contributed by atoms with Gasteiger partial charge >= 0.3 is 5.69 Å². The normalized spacial score (nSPS) is 11.9. The van der Waals surface area contributed by atoms with Crippen LogP contribution in [-0.2, 0) is 0 Å². The highest BCUT2D eigenvalue weighted by atomic mass is 16.6. The molecule has 0 spiro atoms. The predicted molar refractivity (Wildman–Crippen MR) is 76.9 cm³/mol. The van der Waals surface area contributed by atoms with E-state index in [9.17, 15) is 10.1 Å². The van der Waals surface area contributed by atoms with Crippen LogP contribution in [0, 0.1) is 10.1 Å². The molecule has 1 aromatic rings. The standard InChI is InChI=1S/C12H21N5O3/c1-3-6-14-12-15-8-10(17(19)20)11(16-12)13-7-4-5-9(2)18/h8-9,18H,3-7H2,1-2H3,(H2,13,14,15,16). The van der Waals surface area contributed by atoms with Crippen molar-refractivity contribution in [1.82, 2.24) is 9.97 Å². The van der Waals surface area contributed by atoms with E-state index in [1.54, 1.807) is 6.92 Å². The van der Waals surface area contributed by atoms with Crippen LogP contribution in [0.2, 0.25) is 0 Å². The van der Waals surface area contributed by atoms with Crippen LogP contribution in [0.15, 0.2) is 6.20 Å². The zero-order chi connectivity index (χ0) is 15.0. The van der Waals surface area contributed by atoms with Gasteiger partial charge in [-0.25, -0.2) is 4.98 Å². The number of nitrogens with zero attached hydrogens (tertiary/aromatic N) is 3. The second-order valence-electron chi connectivity index (χ2n) is 4.53. The lowest BCUT2D eigenvalue weighted by molar-refractivity contribution is -0.384. The van der Waals surface area contributed by atoms with E-state index in [0.717, 1.165) is 6.42 Å². The van der Waals surface area contributed by atoms with E-state index in [-0.39, 0.29) is 17.6 Å². The summed E-state index contributed by atoms with van der Waals surface area (Å²) >= 11 is 0. The summed E-state index contributed by atoms with van der Waals surface area (Å²) in [5, 5.41) is 26.0. The minimum atomic E-state index is -0.513. The van der Waals surface area contributed by atoms with Crippen LogP contribution in [-0.4, -0.2) is 39.2 Å². The van der Waals surface area contributed by atoms with Gasteiger partial charge in [0.25, 0.3) is 0 Å². The fourth-order valence-corrected chi connectivity index (χ4v) is 1.57. The Kier molecular flexibility index (Phi) is 6.65. The van der Waals surface area contributed by atoms with E-state index >= 15 is 0 Å². The molecule has 1 unspecified atom stereocenters. The predicted octanol–water partition coefficient (Wildman–Crippen LogP) is 1.78. The maximum absolute atomic E-state index is 10.9. The summed E-state index contributed by atoms with van der Waals surface area (Å²) in [7, 11) is 0. The summed E-state index contributed by atoms with van der Waals surface area (Å²) in [5.41, 5.74) is -0.149. The Hall–Kier alpha value is -1.96. The number of rotatable bonds is 9. The van der Waals surface area contributed by atoms with E-state index in [1.165, 1.54) is 6.20 Å². The molecular weight excluding hydrogens is 262 g/mol. The van der Waals surface area contributed by atoms with Crippen molar-refractivity contribution in [3.8, 4) is 0 Å². The number of nitro groups is 1. The number of nitrogens with one attached hydrogen (secondary N) is 2. The van der Waals surface area contributed by atoms with Gasteiger partial charge in [-0.2, -0.15) is 4.98 Å². The van der Waals surface area contributed by atoms with Gasteiger partial charge in [0.05, 0.1) is 11.0 Å². The molecule has 1 heterocycles. The Bertz CT molecular complexity index is 439. The topological polar surface area (TPSA) is 113 Å². The molecule has 8 heteroatoms. The number of aliphatic hydroxyl groups excluding tert-OH is 1. The van der Waals surface area contributed by atoms with E-state index in [2.05, 4.69) is 20.6 Å². The first-order valence-corrected chi connectivity index (χ1v) is 6.71. The van der Waals surface area contributed by atoms with Gasteiger partial charge < -0.3 is 15.7 Å². The van der Waals surface area contributed by atoms with Crippen molar-refractivity contribution in [2.45, 2.75) is 39.2 Å². The zero-order valence-corrected chi connectivity index (χ0v) is 11.8. The van der Waals surface area contributed by atoms with Crippen molar-refractivity contribution in [2.75, 3.05) is 23.7 Å². The van der Waals surface area contributed by atoms with Crippen LogP contribution in [0.5, 0.6) is 0 Å². The summed E-state index contributed by atoms with van der Waals surface area (Å²) in [6.45, 7) is 4.93. The highest BCUT2D eigenvalue weighted by Gasteiger charge is 2.16. The molecule has 0 aliphatic rings. The Labute approximate surface area is 117 Å². The molecule has 0 aliphatic carbocycles. The van der Waals surface area contributed by atoms with Gasteiger partial charge in [-0.3, -0.25) is 10.1 Å². The van der Waals surface area contributed by atoms with Crippen molar-refractivity contribution >= 4 is 17.5 Å². The molecule has 0 radical (unpaired) electrons. The first-order valence-electron chi connectivity index (χ1n) is 6.71. The Morgan fingerprint density at radius 2 is 2.20 bits per heavy atom. The third-order valence-electron chi connectivity index (χ3n) is 2.59. The van der Waals surface area contributed by atoms with Crippen molar-refractivity contribution in [3.05, 3.63) is 16.3 Å². The highest BCUT2D eigenvalue weighted by molar-refractivity contribution is 5.56. The van der Waals surface area contributed by atoms with Gasteiger partial charge in [-0.1, -0.05) is 6.92 Å². The molecule has 0 bridgehead atoms. The molecule has 1 rings (SSSR count). The maximum atomic E-state index is 10.9. The van der Waals surface area contributed by atoms with Gasteiger partial charge in [0.2, 0.25) is 11.8 Å². The van der Waals surface area contributed by atoms with Gasteiger partial charge in [-0.15, -0.1) is 0 Å². The lowest BCUT2D eigenvalue weighted by Crippen LogP contribution is -2.11. The monoisotopic (exact) mass is 283 g/mol. The van der Waals surface area contributed by atoms with Gasteiger partial charge in [0.15, 0.2) is 0 Å². The summed E-state index contributed by atoms with van der Waals surface area (Å²) in [5.74, 6) is 0.574. The highest BCUT2D eigenvalue weighted by Crippen LogP contribution is 2.21. The van der Waals surface area contributed by atoms with Crippen molar-refractivity contribution < 1.29 is 10.0 Å². The lowest BCUT2D eigenvalue weighted by atomic mass is 10.2. The molecule has 112 valence electrons. The summed E-state index contributed by atoms with van der Waals surface area (Å²) < 4.78 is 0. The molecule has 0 aromatic carbocycles. The molecule has 0 fully saturated rings. The van der Waals surface area contributed by atoms with Crippen LogP contribution in [0.4, 0.5) is 17.5 Å². The number of aromatic nitrogens is 2. The molecule has 20 heavy (non-hydrogen) atoms. The summed E-state index contributed by atoms with van der Waals surface area (Å²) in [6.07, 6.45) is 3.07. The molecule has 0 saturated heterocycles. The molecular formula is C12H21N5O3. The van der Waals surface area contributed by atoms with E-state index in [4.69, 9.17) is 5.11 Å². The van der Waals surface area contributed by atoms with Crippen molar-refractivity contribution in [1.29, 1.82) is 0 Å². The maximum Gasteiger partial charge on any atom is 0.329 e. The Balaban J connectivity index is 2.70. The van der Waals surface area contributed by atoms with Crippen molar-refractivity contribution in [2.24, 2.45) is 0 Å². The average Bonchev–Trinajstić information content (AvgIpc) is 2.41. The molecule has 1 aromatic heterocycles. The third kappa shape index (κ3) is 5.35. The molecule has 0 aliphatic heterocycles. The lowest BCUT2D eigenvalue weighted by Gasteiger charge is -2.09. The largest absolute Gasteiger partial charge is 0.393 e. The first-order chi connectivity index (χ1) is 9.54. The number of anilines is 2. The van der Waals surface area contributed by atoms with Crippen LogP contribution in [0.25, 0.3) is 0 Å². The van der Waals surface area contributed by atoms with E-state index in [0.29, 0.717) is 31.9 Å². The summed E-state index contributed by atoms with van der Waals surface area (Å²) in [6, 6.07) is 0. The fraction of sp³-hybridized carbons (Fsp3) is 0.667. The molecule has 0 saturated carbocycles. The third-order valence-corrected chi connectivity index (χ3v) is 2.59. The molecule has 0 amide bonds. The van der Waals surface area contributed by atoms with Gasteiger partial charge in [0.1, 0.15) is 6.20 Å². The average molecular weight is 283 g/mol. The number of hydrogen-bond acceptors (Lipinski definition) is 7. The van der Waals surface area contributed by atoms with Crippen LogP contribution in [0.3, 0.4) is 0 Å². The number of aliphatic hydroxyl groups is 1. The molecule has 3 N–H and O–H groups in total. The second-order valence-corrected chi connectivity index (χ2v) is 4.53. The van der Waals surface area contributed by atoms with Crippen LogP contribution in [0.1, 0.15) is 33.1 Å². The Morgan fingerprint density at radius 3 is 2.80 bits per heavy atom. The van der Waals surface area contributed by atoms with Crippen molar-refractivity contribution in [3.63, 3.8) is 0 Å². The van der Waals surface area contributed by atoms with Crippen LogP contribution >= 0.6 is 0 Å². The molecule has 8 nitrogen and oxygen atoms in total. The van der Waals surface area contributed by atoms with Gasteiger partial charge in [0, 0.05) is 13.1 Å². The van der Waals surface area contributed by atoms with Gasteiger partial charge in [-0.05, 0) is 26.2 Å². The summed E-state index contributed by atoms with van der Waals surface area (Å²) in [4.78, 5) is 18.4. The minimum Gasteiger partial charge on any atom is -0.393 e. The fourth-order valence-electron chi connectivity index (χ4n) is 1.57.